The van der Waals surface area contributed by atoms with Gasteiger partial charge in [-0.05, 0) is 18.8 Å². The molecule has 8 heteroatoms. The summed E-state index contributed by atoms with van der Waals surface area (Å²) in [5.41, 5.74) is 5.58. The van der Waals surface area contributed by atoms with Crippen LogP contribution in [0.5, 0.6) is 0 Å². The number of halogens is 2. The average Bonchev–Trinajstić information content (AvgIpc) is 2.97. The lowest BCUT2D eigenvalue weighted by molar-refractivity contribution is -0.132. The van der Waals surface area contributed by atoms with Crippen molar-refractivity contribution < 1.29 is 14.3 Å². The van der Waals surface area contributed by atoms with E-state index in [0.29, 0.717) is 25.0 Å². The Hall–Kier alpha value is -0.110. The van der Waals surface area contributed by atoms with Gasteiger partial charge in [-0.15, -0.1) is 24.8 Å². The van der Waals surface area contributed by atoms with Gasteiger partial charge in [0.05, 0.1) is 19.3 Å². The average molecular weight is 372 g/mol. The van der Waals surface area contributed by atoms with Gasteiger partial charge in [-0.25, -0.2) is 0 Å². The summed E-state index contributed by atoms with van der Waals surface area (Å²) in [7, 11) is 0. The third-order valence-corrected chi connectivity index (χ3v) is 4.43. The summed E-state index contributed by atoms with van der Waals surface area (Å²) in [6.45, 7) is 8.99. The van der Waals surface area contributed by atoms with Crippen LogP contribution in [0, 0.1) is 5.92 Å². The van der Waals surface area contributed by atoms with Crippen LogP contribution in [0.4, 0.5) is 0 Å². The Morgan fingerprint density at radius 1 is 1.26 bits per heavy atom. The van der Waals surface area contributed by atoms with E-state index in [4.69, 9.17) is 15.2 Å². The Kier molecular flexibility index (Phi) is 11.4. The minimum Gasteiger partial charge on any atom is -0.379 e. The molecule has 0 aromatic heterocycles. The second-order valence-electron chi connectivity index (χ2n) is 6.26. The van der Waals surface area contributed by atoms with Crippen LogP contribution < -0.4 is 11.1 Å². The monoisotopic (exact) mass is 371 g/mol. The quantitative estimate of drug-likeness (QED) is 0.722. The van der Waals surface area contributed by atoms with Crippen LogP contribution in [0.3, 0.4) is 0 Å². The lowest BCUT2D eigenvalue weighted by atomic mass is 10.0. The molecule has 0 bridgehead atoms. The van der Waals surface area contributed by atoms with Crippen LogP contribution in [0.15, 0.2) is 0 Å². The first kappa shape index (κ1) is 22.9. The first-order chi connectivity index (χ1) is 10.1. The molecule has 0 aliphatic carbocycles. The van der Waals surface area contributed by atoms with Gasteiger partial charge < -0.3 is 20.5 Å². The van der Waals surface area contributed by atoms with Gasteiger partial charge in [0.25, 0.3) is 0 Å². The van der Waals surface area contributed by atoms with E-state index in [-0.39, 0.29) is 42.9 Å². The normalized spacial score (nSPS) is 26.3. The number of morpholine rings is 1. The number of carbonyl (C=O) groups is 1. The molecule has 2 aliphatic heterocycles. The van der Waals surface area contributed by atoms with Crippen molar-refractivity contribution >= 4 is 30.7 Å². The first-order valence-corrected chi connectivity index (χ1v) is 8.07. The Morgan fingerprint density at radius 3 is 2.43 bits per heavy atom. The molecule has 0 saturated carbocycles. The molecule has 0 aromatic carbocycles. The van der Waals surface area contributed by atoms with Crippen LogP contribution in [0.1, 0.15) is 26.7 Å². The largest absolute Gasteiger partial charge is 0.379 e. The maximum absolute atomic E-state index is 12.2. The molecule has 138 valence electrons. The predicted molar refractivity (Wildman–Crippen MR) is 95.5 cm³/mol. The highest BCUT2D eigenvalue weighted by Gasteiger charge is 2.31. The molecule has 1 amide bonds. The van der Waals surface area contributed by atoms with E-state index in [0.717, 1.165) is 39.1 Å². The number of ether oxygens (including phenoxy) is 2. The van der Waals surface area contributed by atoms with Crippen molar-refractivity contribution in [2.45, 2.75) is 44.9 Å². The summed E-state index contributed by atoms with van der Waals surface area (Å²) in [4.78, 5) is 14.6. The summed E-state index contributed by atoms with van der Waals surface area (Å²) < 4.78 is 11.0. The number of hydrogen-bond donors (Lipinski definition) is 2. The van der Waals surface area contributed by atoms with E-state index in [2.05, 4.69) is 24.1 Å². The number of carbonyl (C=O) groups excluding carboxylic acids is 1. The van der Waals surface area contributed by atoms with Gasteiger partial charge in [-0.2, -0.15) is 0 Å². The molecule has 2 rings (SSSR count). The molecule has 0 aromatic rings. The fourth-order valence-electron chi connectivity index (χ4n) is 3.09. The second kappa shape index (κ2) is 11.4. The number of rotatable bonds is 6. The molecule has 6 nitrogen and oxygen atoms in total. The van der Waals surface area contributed by atoms with E-state index >= 15 is 0 Å². The van der Waals surface area contributed by atoms with Gasteiger partial charge in [0, 0.05) is 32.2 Å². The van der Waals surface area contributed by atoms with Gasteiger partial charge in [0.1, 0.15) is 6.10 Å². The number of amides is 1. The van der Waals surface area contributed by atoms with Gasteiger partial charge in [0.2, 0.25) is 5.91 Å². The van der Waals surface area contributed by atoms with Crippen molar-refractivity contribution in [2.75, 3.05) is 39.4 Å². The molecule has 0 spiro atoms. The van der Waals surface area contributed by atoms with E-state index in [9.17, 15) is 4.79 Å². The molecule has 0 radical (unpaired) electrons. The van der Waals surface area contributed by atoms with Crippen molar-refractivity contribution in [1.29, 1.82) is 0 Å². The van der Waals surface area contributed by atoms with Gasteiger partial charge in [0.15, 0.2) is 0 Å². The Bertz CT molecular complexity index is 342. The Morgan fingerprint density at radius 2 is 1.91 bits per heavy atom. The van der Waals surface area contributed by atoms with E-state index in [1.165, 1.54) is 0 Å². The fraction of sp³-hybridized carbons (Fsp3) is 0.933. The molecular weight excluding hydrogens is 341 g/mol. The number of hydrogen-bond acceptors (Lipinski definition) is 5. The zero-order chi connectivity index (χ0) is 15.2. The Balaban J connectivity index is 0.00000242. The van der Waals surface area contributed by atoms with Crippen molar-refractivity contribution in [3.8, 4) is 0 Å². The predicted octanol–water partition coefficient (Wildman–Crippen LogP) is 0.809. The van der Waals surface area contributed by atoms with Crippen LogP contribution in [0.25, 0.3) is 0 Å². The minimum atomic E-state index is -0.323. The molecule has 3 atom stereocenters. The number of nitrogens with two attached hydrogens (primary N) is 1. The zero-order valence-electron chi connectivity index (χ0n) is 14.0. The lowest BCUT2D eigenvalue weighted by Crippen LogP contribution is -2.52. The van der Waals surface area contributed by atoms with Crippen LogP contribution in [0.2, 0.25) is 0 Å². The zero-order valence-corrected chi connectivity index (χ0v) is 15.7. The summed E-state index contributed by atoms with van der Waals surface area (Å²) >= 11 is 0. The minimum absolute atomic E-state index is 0. The van der Waals surface area contributed by atoms with Crippen LogP contribution in [-0.4, -0.2) is 68.4 Å². The van der Waals surface area contributed by atoms with Crippen molar-refractivity contribution in [3.05, 3.63) is 0 Å². The van der Waals surface area contributed by atoms with Gasteiger partial charge in [-0.3, -0.25) is 9.69 Å². The highest BCUT2D eigenvalue weighted by molar-refractivity contribution is 5.85. The fourth-order valence-corrected chi connectivity index (χ4v) is 3.09. The lowest BCUT2D eigenvalue weighted by Gasteiger charge is -2.37. The van der Waals surface area contributed by atoms with E-state index in [1.54, 1.807) is 0 Å². The van der Waals surface area contributed by atoms with Crippen molar-refractivity contribution in [2.24, 2.45) is 11.7 Å². The molecule has 2 fully saturated rings. The van der Waals surface area contributed by atoms with Crippen molar-refractivity contribution in [1.82, 2.24) is 10.2 Å². The van der Waals surface area contributed by atoms with E-state index in [1.807, 2.05) is 0 Å². The summed E-state index contributed by atoms with van der Waals surface area (Å²) in [5.74, 6) is 0.495. The Labute approximate surface area is 151 Å². The molecule has 1 unspecified atom stereocenters. The topological polar surface area (TPSA) is 76.8 Å². The van der Waals surface area contributed by atoms with Crippen LogP contribution in [-0.2, 0) is 14.3 Å². The SMILES string of the molecule is CC(C)C(CNC(=O)[C@@H]1CC[C@H](CN)O1)N1CCOCC1.Cl.Cl. The smallest absolute Gasteiger partial charge is 0.249 e. The molecular formula is C15H31Cl2N3O3. The van der Waals surface area contributed by atoms with Crippen molar-refractivity contribution in [3.63, 3.8) is 0 Å². The highest BCUT2D eigenvalue weighted by Crippen LogP contribution is 2.19. The van der Waals surface area contributed by atoms with Gasteiger partial charge >= 0.3 is 0 Å². The summed E-state index contributed by atoms with van der Waals surface area (Å²) in [6.07, 6.45) is 1.38. The van der Waals surface area contributed by atoms with Crippen LogP contribution >= 0.6 is 24.8 Å². The third kappa shape index (κ3) is 6.72. The van der Waals surface area contributed by atoms with Gasteiger partial charge in [-0.1, -0.05) is 13.8 Å². The molecule has 2 aliphatic rings. The molecule has 23 heavy (non-hydrogen) atoms. The molecule has 3 N–H and O–H groups in total. The number of nitrogens with zero attached hydrogens (tertiary/aromatic N) is 1. The maximum Gasteiger partial charge on any atom is 0.249 e. The third-order valence-electron chi connectivity index (χ3n) is 4.43. The summed E-state index contributed by atoms with van der Waals surface area (Å²) in [5, 5.41) is 3.06. The number of nitrogens with one attached hydrogen (secondary N) is 1. The van der Waals surface area contributed by atoms with E-state index < -0.39 is 0 Å². The summed E-state index contributed by atoms with van der Waals surface area (Å²) in [6, 6.07) is 0.351. The highest BCUT2D eigenvalue weighted by atomic mass is 35.5. The second-order valence-corrected chi connectivity index (χ2v) is 6.26. The standard InChI is InChI=1S/C15H29N3O3.2ClH/c1-11(2)13(18-5-7-20-8-6-18)10-17-15(19)14-4-3-12(9-16)21-14;;/h11-14H,3-10,16H2,1-2H3,(H,17,19);2*1H/t12-,13?,14+;;/m1../s1. The molecule has 2 heterocycles. The maximum atomic E-state index is 12.2. The molecule has 2 saturated heterocycles. The first-order valence-electron chi connectivity index (χ1n) is 8.07.